The molecule has 0 atom stereocenters. The minimum Gasteiger partial charge on any atom is -0.337 e. The molecule has 2 rings (SSSR count). The first-order valence-corrected chi connectivity index (χ1v) is 7.24. The van der Waals surface area contributed by atoms with Gasteiger partial charge in [0.1, 0.15) is 0 Å². The number of hydrogen-bond donors (Lipinski definition) is 0. The maximum atomic E-state index is 12.3. The number of carbonyl (C=O) groups is 1. The molecule has 0 unspecified atom stereocenters. The highest BCUT2D eigenvalue weighted by Crippen LogP contribution is 2.23. The molecule has 0 fully saturated rings. The molecule has 1 aromatic carbocycles. The summed E-state index contributed by atoms with van der Waals surface area (Å²) in [6, 6.07) is 11.7. The molecule has 0 bridgehead atoms. The summed E-state index contributed by atoms with van der Waals surface area (Å²) in [6.07, 6.45) is 0. The molecule has 0 aliphatic heterocycles. The second kappa shape index (κ2) is 5.67. The van der Waals surface area contributed by atoms with Crippen molar-refractivity contribution in [2.24, 2.45) is 0 Å². The van der Waals surface area contributed by atoms with E-state index in [2.05, 4.69) is 15.9 Å². The van der Waals surface area contributed by atoms with Crippen molar-refractivity contribution in [3.05, 3.63) is 56.2 Å². The number of carbonyl (C=O) groups excluding carboxylic acids is 1. The topological polar surface area (TPSA) is 20.3 Å². The lowest BCUT2D eigenvalue weighted by atomic mass is 10.1. The molecule has 94 valence electrons. The minimum atomic E-state index is 0.0672. The van der Waals surface area contributed by atoms with Crippen LogP contribution < -0.4 is 0 Å². The monoisotopic (exact) mass is 323 g/mol. The van der Waals surface area contributed by atoms with Crippen molar-refractivity contribution in [3.63, 3.8) is 0 Å². The lowest BCUT2D eigenvalue weighted by Gasteiger charge is -2.17. The average molecular weight is 324 g/mol. The summed E-state index contributed by atoms with van der Waals surface area (Å²) >= 11 is 5.09. The second-order valence-corrected chi connectivity index (χ2v) is 6.73. The van der Waals surface area contributed by atoms with Crippen molar-refractivity contribution in [2.75, 3.05) is 7.05 Å². The van der Waals surface area contributed by atoms with Gasteiger partial charge in [-0.25, -0.2) is 0 Å². The van der Waals surface area contributed by atoms with Crippen LogP contribution in [-0.4, -0.2) is 17.9 Å². The van der Waals surface area contributed by atoms with Crippen LogP contribution in [-0.2, 0) is 6.54 Å². The number of amides is 1. The molecule has 0 aliphatic carbocycles. The zero-order valence-electron chi connectivity index (χ0n) is 10.3. The Labute approximate surface area is 119 Å². The molecule has 1 amide bonds. The molecule has 0 N–H and O–H groups in total. The maximum absolute atomic E-state index is 12.3. The van der Waals surface area contributed by atoms with Crippen LogP contribution in [0.25, 0.3) is 0 Å². The number of aryl methyl sites for hydroxylation is 1. The van der Waals surface area contributed by atoms with E-state index in [4.69, 9.17) is 0 Å². The molecule has 2 aromatic rings. The SMILES string of the molecule is Cc1ccccc1C(=O)N(C)Cc1ccc(Br)s1. The van der Waals surface area contributed by atoms with Gasteiger partial charge in [-0.2, -0.15) is 0 Å². The summed E-state index contributed by atoms with van der Waals surface area (Å²) in [5, 5.41) is 0. The molecule has 1 aromatic heterocycles. The molecule has 0 spiro atoms. The van der Waals surface area contributed by atoms with Crippen molar-refractivity contribution in [1.82, 2.24) is 4.90 Å². The first-order valence-electron chi connectivity index (χ1n) is 5.63. The smallest absolute Gasteiger partial charge is 0.254 e. The third kappa shape index (κ3) is 3.00. The fourth-order valence-electron chi connectivity index (χ4n) is 1.76. The standard InChI is InChI=1S/C14H14BrNOS/c1-10-5-3-4-6-12(10)14(17)16(2)9-11-7-8-13(15)18-11/h3-8H,9H2,1-2H3. The van der Waals surface area contributed by atoms with E-state index < -0.39 is 0 Å². The summed E-state index contributed by atoms with van der Waals surface area (Å²) in [5.41, 5.74) is 1.79. The molecule has 1 heterocycles. The van der Waals surface area contributed by atoms with Gasteiger partial charge in [0.05, 0.1) is 10.3 Å². The van der Waals surface area contributed by atoms with Crippen LogP contribution in [0.2, 0.25) is 0 Å². The minimum absolute atomic E-state index is 0.0672. The zero-order chi connectivity index (χ0) is 13.1. The van der Waals surface area contributed by atoms with E-state index in [9.17, 15) is 4.79 Å². The van der Waals surface area contributed by atoms with Crippen LogP contribution in [0.5, 0.6) is 0 Å². The average Bonchev–Trinajstić information content (AvgIpc) is 2.74. The van der Waals surface area contributed by atoms with E-state index in [-0.39, 0.29) is 5.91 Å². The van der Waals surface area contributed by atoms with Crippen LogP contribution in [0.4, 0.5) is 0 Å². The molecule has 2 nitrogen and oxygen atoms in total. The van der Waals surface area contributed by atoms with E-state index in [1.807, 2.05) is 50.4 Å². The summed E-state index contributed by atoms with van der Waals surface area (Å²) in [5.74, 6) is 0.0672. The largest absolute Gasteiger partial charge is 0.337 e. The molecular formula is C14H14BrNOS. The number of thiophene rings is 1. The summed E-state index contributed by atoms with van der Waals surface area (Å²) in [4.78, 5) is 15.2. The first kappa shape index (κ1) is 13.3. The summed E-state index contributed by atoms with van der Waals surface area (Å²) in [7, 11) is 1.84. The fourth-order valence-corrected chi connectivity index (χ4v) is 3.30. The first-order chi connectivity index (χ1) is 8.58. The lowest BCUT2D eigenvalue weighted by molar-refractivity contribution is 0.0786. The predicted molar refractivity (Wildman–Crippen MR) is 79.0 cm³/mol. The Morgan fingerprint density at radius 2 is 2.00 bits per heavy atom. The zero-order valence-corrected chi connectivity index (χ0v) is 12.7. The highest BCUT2D eigenvalue weighted by atomic mass is 79.9. The third-order valence-electron chi connectivity index (χ3n) is 2.74. The quantitative estimate of drug-likeness (QED) is 0.833. The van der Waals surface area contributed by atoms with Crippen molar-refractivity contribution in [1.29, 1.82) is 0 Å². The van der Waals surface area contributed by atoms with E-state index in [0.29, 0.717) is 6.54 Å². The Balaban J connectivity index is 2.12. The van der Waals surface area contributed by atoms with Gasteiger partial charge in [-0.1, -0.05) is 18.2 Å². The number of rotatable bonds is 3. The summed E-state index contributed by atoms with van der Waals surface area (Å²) < 4.78 is 1.09. The number of nitrogens with zero attached hydrogens (tertiary/aromatic N) is 1. The molecule has 0 aliphatic rings. The van der Waals surface area contributed by atoms with E-state index in [1.165, 1.54) is 4.88 Å². The van der Waals surface area contributed by atoms with E-state index in [1.54, 1.807) is 16.2 Å². The molecule has 0 saturated carbocycles. The van der Waals surface area contributed by atoms with Gasteiger partial charge >= 0.3 is 0 Å². The van der Waals surface area contributed by atoms with Gasteiger partial charge in [0.2, 0.25) is 0 Å². The van der Waals surface area contributed by atoms with Crippen molar-refractivity contribution < 1.29 is 4.79 Å². The van der Waals surface area contributed by atoms with Gasteiger partial charge in [0.25, 0.3) is 5.91 Å². The highest BCUT2D eigenvalue weighted by Gasteiger charge is 2.14. The molecular weight excluding hydrogens is 310 g/mol. The third-order valence-corrected chi connectivity index (χ3v) is 4.35. The van der Waals surface area contributed by atoms with Crippen molar-refractivity contribution >= 4 is 33.2 Å². The highest BCUT2D eigenvalue weighted by molar-refractivity contribution is 9.11. The Kier molecular flexibility index (Phi) is 4.19. The maximum Gasteiger partial charge on any atom is 0.254 e. The molecule has 0 saturated heterocycles. The second-order valence-electron chi connectivity index (χ2n) is 4.18. The number of hydrogen-bond acceptors (Lipinski definition) is 2. The van der Waals surface area contributed by atoms with Gasteiger partial charge in [-0.3, -0.25) is 4.79 Å². The van der Waals surface area contributed by atoms with E-state index in [0.717, 1.165) is 14.9 Å². The predicted octanol–water partition coefficient (Wildman–Crippen LogP) is 4.09. The Morgan fingerprint density at radius 3 is 2.61 bits per heavy atom. The Morgan fingerprint density at radius 1 is 1.28 bits per heavy atom. The van der Waals surface area contributed by atoms with Gasteiger partial charge in [-0.05, 0) is 46.6 Å². The van der Waals surface area contributed by atoms with Crippen molar-refractivity contribution in [2.45, 2.75) is 13.5 Å². The lowest BCUT2D eigenvalue weighted by Crippen LogP contribution is -2.26. The van der Waals surface area contributed by atoms with Crippen LogP contribution in [0.1, 0.15) is 20.8 Å². The normalized spacial score (nSPS) is 10.4. The van der Waals surface area contributed by atoms with Crippen LogP contribution in [0.15, 0.2) is 40.2 Å². The van der Waals surface area contributed by atoms with Gasteiger partial charge in [-0.15, -0.1) is 11.3 Å². The molecule has 0 radical (unpaired) electrons. The number of halogens is 1. The van der Waals surface area contributed by atoms with E-state index >= 15 is 0 Å². The van der Waals surface area contributed by atoms with Gasteiger partial charge < -0.3 is 4.90 Å². The van der Waals surface area contributed by atoms with Gasteiger partial charge in [0, 0.05) is 17.5 Å². The fraction of sp³-hybridized carbons (Fsp3) is 0.214. The Hall–Kier alpha value is -1.13. The van der Waals surface area contributed by atoms with Crippen LogP contribution in [0.3, 0.4) is 0 Å². The Bertz CT molecular complexity index is 564. The van der Waals surface area contributed by atoms with Crippen LogP contribution in [0, 0.1) is 6.92 Å². The molecule has 4 heteroatoms. The van der Waals surface area contributed by atoms with Gasteiger partial charge in [0.15, 0.2) is 0 Å². The van der Waals surface area contributed by atoms with Crippen LogP contribution >= 0.6 is 27.3 Å². The number of benzene rings is 1. The summed E-state index contributed by atoms with van der Waals surface area (Å²) in [6.45, 7) is 2.60. The van der Waals surface area contributed by atoms with Crippen molar-refractivity contribution in [3.8, 4) is 0 Å². The molecule has 18 heavy (non-hydrogen) atoms.